The Labute approximate surface area is 91.8 Å². The zero-order valence-corrected chi connectivity index (χ0v) is 9.92. The lowest BCUT2D eigenvalue weighted by molar-refractivity contribution is -0.129. The van der Waals surface area contributed by atoms with Crippen LogP contribution in [0.4, 0.5) is 0 Å². The zero-order chi connectivity index (χ0) is 11.8. The third-order valence-electron chi connectivity index (χ3n) is 2.50. The van der Waals surface area contributed by atoms with Crippen molar-refractivity contribution >= 4 is 11.7 Å². The Kier molecular flexibility index (Phi) is 6.96. The summed E-state index contributed by atoms with van der Waals surface area (Å²) in [6, 6.07) is 0. The number of hydrogen-bond donors (Lipinski definition) is 2. The monoisotopic (exact) mass is 214 g/mol. The Morgan fingerprint density at radius 2 is 2.07 bits per heavy atom. The summed E-state index contributed by atoms with van der Waals surface area (Å²) in [7, 11) is 4.09. The molecule has 0 unspecified atom stereocenters. The second-order valence-corrected chi connectivity index (χ2v) is 4.21. The fourth-order valence-corrected chi connectivity index (χ4v) is 1.62. The Hall–Kier alpha value is -0.900. The third-order valence-corrected chi connectivity index (χ3v) is 2.50. The SMILES string of the molecule is CC[C@@H](CCCC(=N)C(=O)O)CN(C)C. The van der Waals surface area contributed by atoms with Crippen LogP contribution in [0.25, 0.3) is 0 Å². The van der Waals surface area contributed by atoms with Crippen molar-refractivity contribution in [3.8, 4) is 0 Å². The minimum Gasteiger partial charge on any atom is -0.477 e. The van der Waals surface area contributed by atoms with E-state index in [-0.39, 0.29) is 5.71 Å². The maximum atomic E-state index is 10.4. The first kappa shape index (κ1) is 14.1. The van der Waals surface area contributed by atoms with Gasteiger partial charge in [-0.1, -0.05) is 13.3 Å². The molecule has 0 saturated heterocycles. The highest BCUT2D eigenvalue weighted by molar-refractivity contribution is 6.34. The van der Waals surface area contributed by atoms with Gasteiger partial charge in [0.15, 0.2) is 0 Å². The third kappa shape index (κ3) is 7.08. The lowest BCUT2D eigenvalue weighted by atomic mass is 9.98. The molecule has 1 atom stereocenters. The first-order chi connectivity index (χ1) is 6.97. The molecule has 0 aromatic heterocycles. The fourth-order valence-electron chi connectivity index (χ4n) is 1.62. The lowest BCUT2D eigenvalue weighted by Gasteiger charge is -2.19. The summed E-state index contributed by atoms with van der Waals surface area (Å²) in [6.07, 6.45) is 3.31. The molecule has 0 aliphatic rings. The first-order valence-corrected chi connectivity index (χ1v) is 5.42. The average molecular weight is 214 g/mol. The van der Waals surface area contributed by atoms with Crippen LogP contribution in [0.5, 0.6) is 0 Å². The molecule has 0 fully saturated rings. The van der Waals surface area contributed by atoms with E-state index < -0.39 is 5.97 Å². The van der Waals surface area contributed by atoms with Crippen LogP contribution in [0.3, 0.4) is 0 Å². The van der Waals surface area contributed by atoms with E-state index in [1.54, 1.807) is 0 Å². The van der Waals surface area contributed by atoms with E-state index >= 15 is 0 Å². The van der Waals surface area contributed by atoms with E-state index in [0.717, 1.165) is 25.8 Å². The standard InChI is InChI=1S/C11H22N2O2/c1-4-9(8-13(2)3)6-5-7-10(12)11(14)15/h9,12H,4-8H2,1-3H3,(H,14,15)/t9-/m0/s1. The molecule has 0 spiro atoms. The summed E-state index contributed by atoms with van der Waals surface area (Å²) in [5.41, 5.74) is -0.172. The molecule has 15 heavy (non-hydrogen) atoms. The van der Waals surface area contributed by atoms with Gasteiger partial charge >= 0.3 is 5.97 Å². The van der Waals surface area contributed by atoms with Gasteiger partial charge in [0.05, 0.1) is 0 Å². The number of carbonyl (C=O) groups is 1. The van der Waals surface area contributed by atoms with Crippen LogP contribution in [0.15, 0.2) is 0 Å². The number of rotatable bonds is 8. The van der Waals surface area contributed by atoms with Crippen molar-refractivity contribution in [3.63, 3.8) is 0 Å². The summed E-state index contributed by atoms with van der Waals surface area (Å²) in [5, 5.41) is 15.7. The van der Waals surface area contributed by atoms with Crippen molar-refractivity contribution in [1.29, 1.82) is 5.41 Å². The lowest BCUT2D eigenvalue weighted by Crippen LogP contribution is -2.21. The molecule has 0 radical (unpaired) electrons. The zero-order valence-electron chi connectivity index (χ0n) is 9.92. The van der Waals surface area contributed by atoms with Gasteiger partial charge in [0, 0.05) is 6.54 Å². The van der Waals surface area contributed by atoms with E-state index in [4.69, 9.17) is 10.5 Å². The van der Waals surface area contributed by atoms with Crippen molar-refractivity contribution in [2.75, 3.05) is 20.6 Å². The maximum absolute atomic E-state index is 10.4. The predicted molar refractivity (Wildman–Crippen MR) is 61.5 cm³/mol. The molecule has 0 aromatic carbocycles. The predicted octanol–water partition coefficient (Wildman–Crippen LogP) is 1.85. The van der Waals surface area contributed by atoms with Crippen molar-refractivity contribution in [2.24, 2.45) is 5.92 Å². The smallest absolute Gasteiger partial charge is 0.349 e. The van der Waals surface area contributed by atoms with Gasteiger partial charge in [0.25, 0.3) is 0 Å². The van der Waals surface area contributed by atoms with Crippen LogP contribution in [0.2, 0.25) is 0 Å². The Morgan fingerprint density at radius 1 is 1.47 bits per heavy atom. The van der Waals surface area contributed by atoms with Gasteiger partial charge in [-0.3, -0.25) is 5.41 Å². The van der Waals surface area contributed by atoms with Crippen LogP contribution in [-0.2, 0) is 4.79 Å². The van der Waals surface area contributed by atoms with Gasteiger partial charge in [0.1, 0.15) is 5.71 Å². The molecule has 0 aliphatic carbocycles. The highest BCUT2D eigenvalue weighted by Crippen LogP contribution is 2.13. The molecule has 0 amide bonds. The van der Waals surface area contributed by atoms with Crippen molar-refractivity contribution in [3.05, 3.63) is 0 Å². The fraction of sp³-hybridized carbons (Fsp3) is 0.818. The van der Waals surface area contributed by atoms with E-state index in [0.29, 0.717) is 12.3 Å². The second kappa shape index (κ2) is 7.40. The molecule has 0 heterocycles. The number of aliphatic carboxylic acids is 1. The normalized spacial score (nSPS) is 12.8. The number of carboxylic acids is 1. The van der Waals surface area contributed by atoms with Gasteiger partial charge in [0.2, 0.25) is 0 Å². The number of carboxylic acid groups (broad SMARTS) is 1. The van der Waals surface area contributed by atoms with E-state index in [2.05, 4.69) is 11.8 Å². The molecule has 0 rings (SSSR count). The Morgan fingerprint density at radius 3 is 2.47 bits per heavy atom. The quantitative estimate of drug-likeness (QED) is 0.606. The first-order valence-electron chi connectivity index (χ1n) is 5.42. The van der Waals surface area contributed by atoms with Crippen LogP contribution in [0, 0.1) is 11.3 Å². The van der Waals surface area contributed by atoms with E-state index in [9.17, 15) is 4.79 Å². The minimum absolute atomic E-state index is 0.172. The highest BCUT2D eigenvalue weighted by Gasteiger charge is 2.10. The second-order valence-electron chi connectivity index (χ2n) is 4.21. The topological polar surface area (TPSA) is 64.4 Å². The number of nitrogens with one attached hydrogen (secondary N) is 1. The van der Waals surface area contributed by atoms with Crippen molar-refractivity contribution < 1.29 is 9.90 Å². The highest BCUT2D eigenvalue weighted by atomic mass is 16.4. The number of nitrogens with zero attached hydrogens (tertiary/aromatic N) is 1. The van der Waals surface area contributed by atoms with E-state index in [1.807, 2.05) is 14.1 Å². The molecule has 4 nitrogen and oxygen atoms in total. The van der Waals surface area contributed by atoms with Crippen LogP contribution in [-0.4, -0.2) is 42.3 Å². The molecule has 88 valence electrons. The van der Waals surface area contributed by atoms with Gasteiger partial charge in [-0.05, 0) is 39.3 Å². The van der Waals surface area contributed by atoms with Gasteiger partial charge in [-0.25, -0.2) is 4.79 Å². The molecular weight excluding hydrogens is 192 g/mol. The summed E-state index contributed by atoms with van der Waals surface area (Å²) in [5.74, 6) is -0.475. The molecule has 0 saturated carbocycles. The summed E-state index contributed by atoms with van der Waals surface area (Å²) >= 11 is 0. The van der Waals surface area contributed by atoms with Gasteiger partial charge in [-0.15, -0.1) is 0 Å². The molecule has 0 aliphatic heterocycles. The molecule has 0 bridgehead atoms. The summed E-state index contributed by atoms with van der Waals surface area (Å²) in [4.78, 5) is 12.5. The van der Waals surface area contributed by atoms with Gasteiger partial charge in [-0.2, -0.15) is 0 Å². The van der Waals surface area contributed by atoms with Crippen molar-refractivity contribution in [1.82, 2.24) is 4.90 Å². The average Bonchev–Trinajstić information content (AvgIpc) is 2.15. The summed E-state index contributed by atoms with van der Waals surface area (Å²) < 4.78 is 0. The Bertz CT molecular complexity index is 215. The largest absolute Gasteiger partial charge is 0.477 e. The van der Waals surface area contributed by atoms with E-state index in [1.165, 1.54) is 0 Å². The molecular formula is C11H22N2O2. The Balaban J connectivity index is 3.72. The van der Waals surface area contributed by atoms with Crippen molar-refractivity contribution in [2.45, 2.75) is 32.6 Å². The molecule has 4 heteroatoms. The maximum Gasteiger partial charge on any atom is 0.349 e. The van der Waals surface area contributed by atoms with Crippen LogP contribution in [0.1, 0.15) is 32.6 Å². The van der Waals surface area contributed by atoms with Gasteiger partial charge < -0.3 is 10.0 Å². The molecule has 2 N–H and O–H groups in total. The summed E-state index contributed by atoms with van der Waals surface area (Å²) in [6.45, 7) is 3.19. The van der Waals surface area contributed by atoms with Crippen LogP contribution >= 0.6 is 0 Å². The minimum atomic E-state index is -1.09. The molecule has 0 aromatic rings. The number of hydrogen-bond acceptors (Lipinski definition) is 3. The van der Waals surface area contributed by atoms with Crippen LogP contribution < -0.4 is 0 Å².